The Morgan fingerprint density at radius 1 is 0.935 bits per heavy atom. The van der Waals surface area contributed by atoms with E-state index in [0.29, 0.717) is 12.1 Å². The summed E-state index contributed by atoms with van der Waals surface area (Å²) in [5, 5.41) is 3.03. The number of hydrogen-bond acceptors (Lipinski definition) is 6. The van der Waals surface area contributed by atoms with E-state index in [1.165, 1.54) is 32.1 Å². The molecule has 246 valence electrons. The fourth-order valence-electron chi connectivity index (χ4n) is 7.31. The van der Waals surface area contributed by atoms with Crippen molar-refractivity contribution < 1.29 is 19.1 Å². The number of amides is 1. The van der Waals surface area contributed by atoms with E-state index in [4.69, 9.17) is 14.5 Å². The lowest BCUT2D eigenvalue weighted by Gasteiger charge is -2.44. The molecule has 2 aliphatic rings. The predicted molar refractivity (Wildman–Crippen MR) is 184 cm³/mol. The van der Waals surface area contributed by atoms with Crippen LogP contribution in [0.1, 0.15) is 112 Å². The maximum Gasteiger partial charge on any atom is 0.340 e. The SMILES string of the molecule is Cc1nc(C)c(C(OC(C)(C)C)C(=O)OC(C)C)c(N2CCCC3(CCCC3)C2)c1-c1ccc(C(=O)NCc2ccccc2)cc1. The summed E-state index contributed by atoms with van der Waals surface area (Å²) in [4.78, 5) is 34.5. The largest absolute Gasteiger partial charge is 0.461 e. The first-order valence-electron chi connectivity index (χ1n) is 16.9. The molecule has 1 unspecified atom stereocenters. The van der Waals surface area contributed by atoms with Gasteiger partial charge in [0.25, 0.3) is 5.91 Å². The average Bonchev–Trinajstić information content (AvgIpc) is 3.45. The second kappa shape index (κ2) is 14.0. The van der Waals surface area contributed by atoms with Crippen molar-refractivity contribution in [3.8, 4) is 11.1 Å². The molecular weight excluding hydrogens is 574 g/mol. The summed E-state index contributed by atoms with van der Waals surface area (Å²) in [6, 6.07) is 17.7. The fourth-order valence-corrected chi connectivity index (χ4v) is 7.31. The van der Waals surface area contributed by atoms with Gasteiger partial charge in [0, 0.05) is 47.7 Å². The molecule has 1 amide bonds. The standard InChI is InChI=1S/C39H51N3O4/c1-26(2)45-37(44)35(46-38(5,6)7)33-28(4)41-27(3)32(34(33)42-23-13-22-39(25-42)20-11-12-21-39)30-16-18-31(19-17-30)36(43)40-24-29-14-9-8-10-15-29/h8-10,14-19,26,35H,11-13,20-25H2,1-7H3,(H,40,43). The molecule has 1 aromatic heterocycles. The molecule has 2 fully saturated rings. The summed E-state index contributed by atoms with van der Waals surface area (Å²) >= 11 is 0. The van der Waals surface area contributed by atoms with Crippen LogP contribution in [-0.4, -0.2) is 41.7 Å². The molecule has 1 saturated heterocycles. The van der Waals surface area contributed by atoms with Gasteiger partial charge in [0.05, 0.1) is 17.4 Å². The first-order chi connectivity index (χ1) is 21.9. The van der Waals surface area contributed by atoms with Crippen LogP contribution in [0.25, 0.3) is 11.1 Å². The Hall–Kier alpha value is -3.71. The Bertz CT molecular complexity index is 1520. The minimum Gasteiger partial charge on any atom is -0.461 e. The lowest BCUT2D eigenvalue weighted by molar-refractivity contribution is -0.171. The minimum absolute atomic E-state index is 0.121. The summed E-state index contributed by atoms with van der Waals surface area (Å²) in [7, 11) is 0. The number of aryl methyl sites for hydroxylation is 2. The number of benzene rings is 2. The third-order valence-electron chi connectivity index (χ3n) is 9.25. The van der Waals surface area contributed by atoms with Crippen LogP contribution < -0.4 is 10.2 Å². The number of piperidine rings is 1. The molecule has 0 radical (unpaired) electrons. The lowest BCUT2D eigenvalue weighted by atomic mass is 9.77. The van der Waals surface area contributed by atoms with Gasteiger partial charge >= 0.3 is 5.97 Å². The maximum atomic E-state index is 13.8. The molecule has 2 aromatic carbocycles. The summed E-state index contributed by atoms with van der Waals surface area (Å²) in [5.41, 5.74) is 6.71. The molecule has 46 heavy (non-hydrogen) atoms. The molecule has 5 rings (SSSR count). The van der Waals surface area contributed by atoms with Crippen LogP contribution in [0.15, 0.2) is 54.6 Å². The molecule has 7 nitrogen and oxygen atoms in total. The van der Waals surface area contributed by atoms with Gasteiger partial charge in [-0.15, -0.1) is 0 Å². The lowest BCUT2D eigenvalue weighted by Crippen LogP contribution is -2.43. The number of aromatic nitrogens is 1. The number of rotatable bonds is 9. The second-order valence-corrected chi connectivity index (χ2v) is 14.5. The second-order valence-electron chi connectivity index (χ2n) is 14.5. The van der Waals surface area contributed by atoms with Crippen molar-refractivity contribution in [2.24, 2.45) is 5.41 Å². The van der Waals surface area contributed by atoms with Crippen LogP contribution in [0.3, 0.4) is 0 Å². The highest BCUT2D eigenvalue weighted by Crippen LogP contribution is 2.49. The van der Waals surface area contributed by atoms with Crippen LogP contribution in [0.4, 0.5) is 5.69 Å². The smallest absolute Gasteiger partial charge is 0.340 e. The van der Waals surface area contributed by atoms with Crippen molar-refractivity contribution >= 4 is 17.6 Å². The van der Waals surface area contributed by atoms with Crippen LogP contribution in [0, 0.1) is 19.3 Å². The summed E-state index contributed by atoms with van der Waals surface area (Å²) in [6.45, 7) is 16.0. The summed E-state index contributed by atoms with van der Waals surface area (Å²) in [5.74, 6) is -0.520. The highest BCUT2D eigenvalue weighted by Gasteiger charge is 2.42. The van der Waals surface area contributed by atoms with Gasteiger partial charge in [0.1, 0.15) is 0 Å². The van der Waals surface area contributed by atoms with Crippen molar-refractivity contribution in [2.75, 3.05) is 18.0 Å². The van der Waals surface area contributed by atoms with Gasteiger partial charge in [-0.1, -0.05) is 55.3 Å². The van der Waals surface area contributed by atoms with E-state index in [2.05, 4.69) is 10.2 Å². The van der Waals surface area contributed by atoms with Gasteiger partial charge in [-0.2, -0.15) is 0 Å². The Balaban J connectivity index is 1.60. The number of esters is 1. The van der Waals surface area contributed by atoms with Gasteiger partial charge in [-0.3, -0.25) is 9.78 Å². The Morgan fingerprint density at radius 3 is 2.22 bits per heavy atom. The Morgan fingerprint density at radius 2 is 1.59 bits per heavy atom. The molecule has 1 N–H and O–H groups in total. The average molecular weight is 626 g/mol. The van der Waals surface area contributed by atoms with E-state index in [1.54, 1.807) is 0 Å². The van der Waals surface area contributed by atoms with E-state index in [0.717, 1.165) is 58.8 Å². The number of nitrogens with zero attached hydrogens (tertiary/aromatic N) is 2. The molecule has 1 saturated carbocycles. The van der Waals surface area contributed by atoms with Crippen molar-refractivity contribution in [3.63, 3.8) is 0 Å². The highest BCUT2D eigenvalue weighted by atomic mass is 16.6. The molecule has 7 heteroatoms. The number of carbonyl (C=O) groups is 2. The zero-order valence-electron chi connectivity index (χ0n) is 28.7. The monoisotopic (exact) mass is 625 g/mol. The molecule has 2 heterocycles. The van der Waals surface area contributed by atoms with Crippen LogP contribution in [-0.2, 0) is 20.8 Å². The number of anilines is 1. The number of nitrogens with one attached hydrogen (secondary N) is 1. The first kappa shape index (κ1) is 33.6. The van der Waals surface area contributed by atoms with Gasteiger partial charge in [-0.25, -0.2) is 4.79 Å². The zero-order chi connectivity index (χ0) is 33.1. The number of pyridine rings is 1. The molecule has 3 aromatic rings. The minimum atomic E-state index is -0.936. The van der Waals surface area contributed by atoms with Gasteiger partial charge < -0.3 is 19.7 Å². The van der Waals surface area contributed by atoms with E-state index in [1.807, 2.05) is 103 Å². The van der Waals surface area contributed by atoms with Crippen molar-refractivity contribution in [1.82, 2.24) is 10.3 Å². The predicted octanol–water partition coefficient (Wildman–Crippen LogP) is 8.26. The van der Waals surface area contributed by atoms with Crippen molar-refractivity contribution in [1.29, 1.82) is 0 Å². The summed E-state index contributed by atoms with van der Waals surface area (Å²) < 4.78 is 12.4. The molecule has 1 aliphatic carbocycles. The van der Waals surface area contributed by atoms with Crippen LogP contribution in [0.2, 0.25) is 0 Å². The fraction of sp³-hybridized carbons (Fsp3) is 0.513. The van der Waals surface area contributed by atoms with E-state index in [-0.39, 0.29) is 17.4 Å². The Labute approximate surface area is 275 Å². The third kappa shape index (κ3) is 7.80. The molecule has 1 spiro atoms. The maximum absolute atomic E-state index is 13.8. The van der Waals surface area contributed by atoms with E-state index >= 15 is 0 Å². The van der Waals surface area contributed by atoms with E-state index in [9.17, 15) is 9.59 Å². The number of carbonyl (C=O) groups excluding carboxylic acids is 2. The van der Waals surface area contributed by atoms with Gasteiger partial charge in [0.2, 0.25) is 0 Å². The molecule has 1 atom stereocenters. The van der Waals surface area contributed by atoms with Gasteiger partial charge in [0.15, 0.2) is 6.10 Å². The molecule has 0 bridgehead atoms. The van der Waals surface area contributed by atoms with E-state index < -0.39 is 17.7 Å². The zero-order valence-corrected chi connectivity index (χ0v) is 28.7. The Kier molecular flexibility index (Phi) is 10.2. The summed E-state index contributed by atoms with van der Waals surface area (Å²) in [6.07, 6.45) is 6.13. The van der Waals surface area contributed by atoms with Crippen LogP contribution in [0.5, 0.6) is 0 Å². The number of ether oxygens (including phenoxy) is 2. The third-order valence-corrected chi connectivity index (χ3v) is 9.25. The van der Waals surface area contributed by atoms with Gasteiger partial charge in [-0.05, 0) is 103 Å². The first-order valence-corrected chi connectivity index (χ1v) is 16.9. The number of hydrogen-bond donors (Lipinski definition) is 1. The van der Waals surface area contributed by atoms with Crippen molar-refractivity contribution in [2.45, 2.75) is 111 Å². The molecular formula is C39H51N3O4. The normalized spacial score (nSPS) is 16.9. The van der Waals surface area contributed by atoms with Crippen LogP contribution >= 0.6 is 0 Å². The van der Waals surface area contributed by atoms with Crippen molar-refractivity contribution in [3.05, 3.63) is 82.7 Å². The molecule has 1 aliphatic heterocycles. The quantitative estimate of drug-likeness (QED) is 0.241. The highest BCUT2D eigenvalue weighted by molar-refractivity contribution is 5.95. The topological polar surface area (TPSA) is 80.8 Å².